The lowest BCUT2D eigenvalue weighted by atomic mass is 10.2. The summed E-state index contributed by atoms with van der Waals surface area (Å²) in [6, 6.07) is 0. The maximum atomic E-state index is 12.0. The Labute approximate surface area is 55.3 Å². The highest BCUT2D eigenvalue weighted by Crippen LogP contribution is 2.16. The van der Waals surface area contributed by atoms with Crippen molar-refractivity contribution in [2.24, 2.45) is 5.73 Å². The predicted octanol–water partition coefficient (Wildman–Crippen LogP) is -0.974. The van der Waals surface area contributed by atoms with Gasteiger partial charge in [0.1, 0.15) is 0 Å². The Morgan fingerprint density at radius 1 is 1.70 bits per heavy atom. The summed E-state index contributed by atoms with van der Waals surface area (Å²) in [6.45, 7) is -1.18. The van der Waals surface area contributed by atoms with E-state index in [1.165, 1.54) is 0 Å². The highest BCUT2D eigenvalue weighted by atomic mass is 19.3. The lowest BCUT2D eigenvalue weighted by molar-refractivity contribution is -0.168. The first-order chi connectivity index (χ1) is 4.41. The second-order valence-corrected chi connectivity index (χ2v) is 1.71. The Kier molecular flexibility index (Phi) is 2.67. The zero-order valence-electron chi connectivity index (χ0n) is 4.92. The van der Waals surface area contributed by atoms with E-state index >= 15 is 0 Å². The predicted molar refractivity (Wildman–Crippen MR) is 27.6 cm³/mol. The van der Waals surface area contributed by atoms with E-state index in [0.29, 0.717) is 0 Å². The molecule has 4 N–H and O–H groups in total. The van der Waals surface area contributed by atoms with E-state index < -0.39 is 24.5 Å². The first-order valence-electron chi connectivity index (χ1n) is 2.40. The van der Waals surface area contributed by atoms with Gasteiger partial charge in [-0.25, -0.2) is 13.6 Å². The van der Waals surface area contributed by atoms with Crippen LogP contribution in [0.15, 0.2) is 0 Å². The standard InChI is InChI=1S/C4H7F2NO3/c5-4(6,1-7)2(8)3(9)10/h2,8H,1,7H2,(H,9,10)/t2-/m1/s1. The molecule has 0 bridgehead atoms. The van der Waals surface area contributed by atoms with E-state index in [9.17, 15) is 13.6 Å². The molecule has 0 saturated carbocycles. The molecule has 1 atom stereocenters. The molecule has 0 aliphatic rings. The molecule has 60 valence electrons. The summed E-state index contributed by atoms with van der Waals surface area (Å²) >= 11 is 0. The van der Waals surface area contributed by atoms with Crippen molar-refractivity contribution in [1.29, 1.82) is 0 Å². The molecule has 0 rings (SSSR count). The molecule has 0 aliphatic carbocycles. The van der Waals surface area contributed by atoms with E-state index in [2.05, 4.69) is 5.73 Å². The Morgan fingerprint density at radius 3 is 2.20 bits per heavy atom. The van der Waals surface area contributed by atoms with Crippen molar-refractivity contribution in [3.8, 4) is 0 Å². The fraction of sp³-hybridized carbons (Fsp3) is 0.750. The third-order valence-electron chi connectivity index (χ3n) is 0.906. The van der Waals surface area contributed by atoms with Crippen molar-refractivity contribution in [1.82, 2.24) is 0 Å². The molecule has 0 saturated heterocycles. The highest BCUT2D eigenvalue weighted by Gasteiger charge is 2.41. The number of rotatable bonds is 3. The smallest absolute Gasteiger partial charge is 0.338 e. The van der Waals surface area contributed by atoms with E-state index in [-0.39, 0.29) is 0 Å². The summed E-state index contributed by atoms with van der Waals surface area (Å²) in [5.41, 5.74) is 4.47. The minimum absolute atomic E-state index is 1.18. The summed E-state index contributed by atoms with van der Waals surface area (Å²) in [5, 5.41) is 16.1. The van der Waals surface area contributed by atoms with Gasteiger partial charge in [0.05, 0.1) is 6.54 Å². The van der Waals surface area contributed by atoms with E-state index in [0.717, 1.165) is 0 Å². The zero-order chi connectivity index (χ0) is 8.36. The van der Waals surface area contributed by atoms with Gasteiger partial charge in [-0.1, -0.05) is 0 Å². The molecule has 0 radical (unpaired) electrons. The van der Waals surface area contributed by atoms with Crippen LogP contribution in [0.25, 0.3) is 0 Å². The van der Waals surface area contributed by atoms with Crippen molar-refractivity contribution in [3.05, 3.63) is 0 Å². The summed E-state index contributed by atoms with van der Waals surface area (Å²) < 4.78 is 24.1. The molecular weight excluding hydrogens is 148 g/mol. The number of halogens is 2. The fourth-order valence-electron chi connectivity index (χ4n) is 0.292. The second kappa shape index (κ2) is 2.89. The van der Waals surface area contributed by atoms with Crippen molar-refractivity contribution in [2.75, 3.05) is 6.54 Å². The average Bonchev–Trinajstić information content (AvgIpc) is 1.86. The van der Waals surface area contributed by atoms with Gasteiger partial charge >= 0.3 is 5.97 Å². The van der Waals surface area contributed by atoms with Crippen molar-refractivity contribution >= 4 is 5.97 Å². The molecule has 0 aromatic heterocycles. The number of carboxylic acid groups (broad SMARTS) is 1. The Balaban J connectivity index is 4.17. The number of aliphatic carboxylic acids is 1. The molecule has 0 spiro atoms. The maximum Gasteiger partial charge on any atom is 0.338 e. The number of hydrogen-bond acceptors (Lipinski definition) is 3. The Hall–Kier alpha value is -0.750. The quantitative estimate of drug-likeness (QED) is 0.489. The van der Waals surface area contributed by atoms with Gasteiger partial charge in [-0.2, -0.15) is 0 Å². The normalized spacial score (nSPS) is 14.8. The SMILES string of the molecule is NCC(F)(F)[C@H](O)C(=O)O. The molecule has 4 nitrogen and oxygen atoms in total. The first kappa shape index (κ1) is 9.25. The van der Waals surface area contributed by atoms with Gasteiger partial charge in [-0.05, 0) is 0 Å². The van der Waals surface area contributed by atoms with Gasteiger partial charge in [0.15, 0.2) is 0 Å². The third kappa shape index (κ3) is 1.89. The van der Waals surface area contributed by atoms with Crippen LogP contribution in [-0.2, 0) is 4.79 Å². The summed E-state index contributed by atoms with van der Waals surface area (Å²) in [5.74, 6) is -5.72. The molecule has 6 heteroatoms. The number of carboxylic acids is 1. The average molecular weight is 155 g/mol. The second-order valence-electron chi connectivity index (χ2n) is 1.71. The number of alkyl halides is 2. The number of hydrogen-bond donors (Lipinski definition) is 3. The minimum atomic E-state index is -3.74. The van der Waals surface area contributed by atoms with E-state index in [4.69, 9.17) is 10.2 Å². The fourth-order valence-corrected chi connectivity index (χ4v) is 0.292. The van der Waals surface area contributed by atoms with Gasteiger partial charge in [-0.15, -0.1) is 0 Å². The molecule has 0 aromatic rings. The molecular formula is C4H7F2NO3. The van der Waals surface area contributed by atoms with Gasteiger partial charge in [0, 0.05) is 0 Å². The molecule has 0 fully saturated rings. The van der Waals surface area contributed by atoms with Crippen LogP contribution in [-0.4, -0.2) is 34.8 Å². The van der Waals surface area contributed by atoms with Gasteiger partial charge in [-0.3, -0.25) is 0 Å². The molecule has 10 heavy (non-hydrogen) atoms. The minimum Gasteiger partial charge on any atom is -0.479 e. The van der Waals surface area contributed by atoms with Crippen molar-refractivity contribution in [2.45, 2.75) is 12.0 Å². The Bertz CT molecular complexity index is 138. The zero-order valence-corrected chi connectivity index (χ0v) is 4.92. The van der Waals surface area contributed by atoms with Crippen molar-refractivity contribution < 1.29 is 23.8 Å². The van der Waals surface area contributed by atoms with Crippen LogP contribution < -0.4 is 5.73 Å². The van der Waals surface area contributed by atoms with E-state index in [1.807, 2.05) is 0 Å². The Morgan fingerprint density at radius 2 is 2.10 bits per heavy atom. The summed E-state index contributed by atoms with van der Waals surface area (Å²) in [7, 11) is 0. The monoisotopic (exact) mass is 155 g/mol. The molecule has 0 aromatic carbocycles. The van der Waals surface area contributed by atoms with Crippen LogP contribution in [0.5, 0.6) is 0 Å². The maximum absolute atomic E-state index is 12.0. The van der Waals surface area contributed by atoms with Crippen LogP contribution in [0.3, 0.4) is 0 Å². The van der Waals surface area contributed by atoms with E-state index in [1.54, 1.807) is 0 Å². The van der Waals surface area contributed by atoms with Gasteiger partial charge in [0.2, 0.25) is 6.10 Å². The van der Waals surface area contributed by atoms with Gasteiger partial charge in [0.25, 0.3) is 5.92 Å². The molecule has 0 heterocycles. The number of aliphatic hydroxyl groups excluding tert-OH is 1. The topological polar surface area (TPSA) is 83.5 Å². The van der Waals surface area contributed by atoms with Crippen LogP contribution in [0.1, 0.15) is 0 Å². The van der Waals surface area contributed by atoms with Crippen LogP contribution >= 0.6 is 0 Å². The number of nitrogens with two attached hydrogens (primary N) is 1. The molecule has 0 aliphatic heterocycles. The summed E-state index contributed by atoms with van der Waals surface area (Å²) in [4.78, 5) is 9.72. The lowest BCUT2D eigenvalue weighted by Gasteiger charge is -2.16. The van der Waals surface area contributed by atoms with Crippen molar-refractivity contribution in [3.63, 3.8) is 0 Å². The lowest BCUT2D eigenvalue weighted by Crippen LogP contribution is -2.45. The van der Waals surface area contributed by atoms with Crippen LogP contribution in [0, 0.1) is 0 Å². The van der Waals surface area contributed by atoms with Crippen LogP contribution in [0.4, 0.5) is 8.78 Å². The molecule has 0 amide bonds. The highest BCUT2D eigenvalue weighted by molar-refractivity contribution is 5.73. The first-order valence-corrected chi connectivity index (χ1v) is 2.40. The van der Waals surface area contributed by atoms with Gasteiger partial charge < -0.3 is 15.9 Å². The number of aliphatic hydroxyl groups is 1. The number of carbonyl (C=O) groups is 1. The summed E-state index contributed by atoms with van der Waals surface area (Å²) in [6.07, 6.45) is -2.71. The third-order valence-corrected chi connectivity index (χ3v) is 0.906. The largest absolute Gasteiger partial charge is 0.479 e. The van der Waals surface area contributed by atoms with Crippen LogP contribution in [0.2, 0.25) is 0 Å². The molecule has 0 unspecified atom stereocenters.